The van der Waals surface area contributed by atoms with Crippen LogP contribution in [0.2, 0.25) is 0 Å². The summed E-state index contributed by atoms with van der Waals surface area (Å²) in [6, 6.07) is 2.98. The van der Waals surface area contributed by atoms with Gasteiger partial charge in [-0.05, 0) is 24.3 Å². The minimum atomic E-state index is -0.689. The molecule has 0 aliphatic heterocycles. The average molecular weight is 366 g/mol. The summed E-state index contributed by atoms with van der Waals surface area (Å²) in [6.07, 6.45) is 5.07. The molecule has 1 heterocycles. The van der Waals surface area contributed by atoms with Crippen molar-refractivity contribution in [1.29, 1.82) is 0 Å². The van der Waals surface area contributed by atoms with Crippen molar-refractivity contribution in [3.05, 3.63) is 22.4 Å². The Morgan fingerprint density at radius 3 is 2.56 bits per heavy atom. The first-order valence-electron chi connectivity index (χ1n) is 8.37. The van der Waals surface area contributed by atoms with Gasteiger partial charge in [0.2, 0.25) is 0 Å². The molecule has 136 valence electrons. The quantitative estimate of drug-likeness (QED) is 0.570. The summed E-state index contributed by atoms with van der Waals surface area (Å²) >= 11 is 1.31. The highest BCUT2D eigenvalue weighted by Gasteiger charge is 2.18. The SMILES string of the molecule is O=C(COC(=O)CCC(=O)c1cccs1)NC(=O)NC1CCCCC1. The van der Waals surface area contributed by atoms with Gasteiger partial charge >= 0.3 is 12.0 Å². The number of imide groups is 1. The zero-order chi connectivity index (χ0) is 18.1. The highest BCUT2D eigenvalue weighted by atomic mass is 32.1. The molecule has 0 unspecified atom stereocenters. The number of thiophene rings is 1. The topological polar surface area (TPSA) is 102 Å². The third-order valence-corrected chi connectivity index (χ3v) is 4.82. The zero-order valence-corrected chi connectivity index (χ0v) is 14.7. The lowest BCUT2D eigenvalue weighted by atomic mass is 9.96. The number of rotatable bonds is 7. The molecule has 3 amide bonds. The van der Waals surface area contributed by atoms with Crippen LogP contribution in [-0.2, 0) is 14.3 Å². The maximum absolute atomic E-state index is 11.8. The Morgan fingerprint density at radius 1 is 1.12 bits per heavy atom. The maximum Gasteiger partial charge on any atom is 0.321 e. The van der Waals surface area contributed by atoms with Gasteiger partial charge in [-0.1, -0.05) is 25.3 Å². The van der Waals surface area contributed by atoms with Crippen LogP contribution in [-0.4, -0.2) is 36.3 Å². The van der Waals surface area contributed by atoms with E-state index in [1.807, 2.05) is 0 Å². The lowest BCUT2D eigenvalue weighted by Gasteiger charge is -2.22. The third kappa shape index (κ3) is 7.04. The van der Waals surface area contributed by atoms with E-state index in [-0.39, 0.29) is 24.7 Å². The molecule has 1 aliphatic rings. The number of urea groups is 1. The van der Waals surface area contributed by atoms with Crippen molar-refractivity contribution in [3.8, 4) is 0 Å². The van der Waals surface area contributed by atoms with Gasteiger partial charge in [-0.15, -0.1) is 11.3 Å². The Labute approximate surface area is 150 Å². The number of esters is 1. The molecule has 0 saturated heterocycles. The Hall–Kier alpha value is -2.22. The number of Topliss-reactive ketones (excluding diaryl/α,β-unsaturated/α-hetero) is 1. The van der Waals surface area contributed by atoms with Crippen molar-refractivity contribution < 1.29 is 23.9 Å². The molecule has 0 radical (unpaired) electrons. The van der Waals surface area contributed by atoms with E-state index in [1.165, 1.54) is 17.8 Å². The number of nitrogens with one attached hydrogen (secondary N) is 2. The molecule has 0 bridgehead atoms. The van der Waals surface area contributed by atoms with E-state index in [4.69, 9.17) is 4.74 Å². The number of carbonyl (C=O) groups is 4. The van der Waals surface area contributed by atoms with Gasteiger partial charge in [0.25, 0.3) is 5.91 Å². The van der Waals surface area contributed by atoms with Gasteiger partial charge in [-0.3, -0.25) is 19.7 Å². The summed E-state index contributed by atoms with van der Waals surface area (Å²) in [7, 11) is 0. The molecule has 1 fully saturated rings. The molecule has 0 aromatic carbocycles. The Kier molecular flexibility index (Phi) is 7.59. The molecule has 2 N–H and O–H groups in total. The van der Waals surface area contributed by atoms with E-state index in [2.05, 4.69) is 10.6 Å². The third-order valence-electron chi connectivity index (χ3n) is 3.91. The van der Waals surface area contributed by atoms with Gasteiger partial charge in [0.05, 0.1) is 11.3 Å². The summed E-state index contributed by atoms with van der Waals surface area (Å²) in [4.78, 5) is 47.2. The minimum Gasteiger partial charge on any atom is -0.456 e. The second-order valence-corrected chi connectivity index (χ2v) is 6.87. The van der Waals surface area contributed by atoms with Crippen LogP contribution in [0.5, 0.6) is 0 Å². The van der Waals surface area contributed by atoms with Crippen LogP contribution >= 0.6 is 11.3 Å². The Morgan fingerprint density at radius 2 is 1.88 bits per heavy atom. The Balaban J connectivity index is 1.59. The summed E-state index contributed by atoms with van der Waals surface area (Å²) in [5, 5.41) is 6.66. The van der Waals surface area contributed by atoms with Gasteiger partial charge < -0.3 is 10.1 Å². The van der Waals surface area contributed by atoms with E-state index < -0.39 is 24.5 Å². The second-order valence-electron chi connectivity index (χ2n) is 5.92. The van der Waals surface area contributed by atoms with E-state index in [0.29, 0.717) is 4.88 Å². The van der Waals surface area contributed by atoms with Gasteiger partial charge in [0.15, 0.2) is 12.4 Å². The minimum absolute atomic E-state index is 0.0309. The predicted octanol–water partition coefficient (Wildman–Crippen LogP) is 2.41. The van der Waals surface area contributed by atoms with Gasteiger partial charge in [0, 0.05) is 12.5 Å². The first-order chi connectivity index (χ1) is 12.0. The largest absolute Gasteiger partial charge is 0.456 e. The van der Waals surface area contributed by atoms with E-state index >= 15 is 0 Å². The number of hydrogen-bond donors (Lipinski definition) is 2. The lowest BCUT2D eigenvalue weighted by molar-refractivity contribution is -0.148. The number of ether oxygens (including phenoxy) is 1. The normalized spacial score (nSPS) is 14.6. The first-order valence-corrected chi connectivity index (χ1v) is 9.25. The molecule has 0 atom stereocenters. The summed E-state index contributed by atoms with van der Waals surface area (Å²) in [6.45, 7) is -0.538. The molecule has 8 heteroatoms. The van der Waals surface area contributed by atoms with Gasteiger partial charge in [0.1, 0.15) is 0 Å². The number of ketones is 1. The van der Waals surface area contributed by atoms with Crippen molar-refractivity contribution in [3.63, 3.8) is 0 Å². The molecule has 0 spiro atoms. The summed E-state index contributed by atoms with van der Waals surface area (Å²) < 4.78 is 4.78. The standard InChI is InChI=1S/C17H22N2O5S/c20-13(14-7-4-10-25-14)8-9-16(22)24-11-15(21)19-17(23)18-12-5-2-1-3-6-12/h4,7,10,12H,1-3,5-6,8-9,11H2,(H2,18,19,21,23). The average Bonchev–Trinajstić information content (AvgIpc) is 3.13. The van der Waals surface area contributed by atoms with Crippen LogP contribution in [0.4, 0.5) is 4.79 Å². The molecule has 2 rings (SSSR count). The van der Waals surface area contributed by atoms with Crippen LogP contribution in [0.3, 0.4) is 0 Å². The first kappa shape index (κ1) is 19.1. The molecule has 1 aromatic heterocycles. The number of hydrogen-bond acceptors (Lipinski definition) is 6. The number of amides is 3. The molecule has 1 aliphatic carbocycles. The number of carbonyl (C=O) groups excluding carboxylic acids is 4. The predicted molar refractivity (Wildman–Crippen MR) is 92.4 cm³/mol. The van der Waals surface area contributed by atoms with Gasteiger partial charge in [-0.2, -0.15) is 0 Å². The fourth-order valence-electron chi connectivity index (χ4n) is 2.63. The highest BCUT2D eigenvalue weighted by Crippen LogP contribution is 2.17. The smallest absolute Gasteiger partial charge is 0.321 e. The fourth-order valence-corrected chi connectivity index (χ4v) is 3.32. The Bertz CT molecular complexity index is 609. The second kappa shape index (κ2) is 9.93. The van der Waals surface area contributed by atoms with Crippen molar-refractivity contribution in [2.45, 2.75) is 51.0 Å². The zero-order valence-electron chi connectivity index (χ0n) is 13.9. The molecule has 1 saturated carbocycles. The maximum atomic E-state index is 11.8. The molecule has 25 heavy (non-hydrogen) atoms. The van der Waals surface area contributed by atoms with Crippen LogP contribution in [0, 0.1) is 0 Å². The lowest BCUT2D eigenvalue weighted by Crippen LogP contribution is -2.46. The highest BCUT2D eigenvalue weighted by molar-refractivity contribution is 7.12. The van der Waals surface area contributed by atoms with E-state index in [0.717, 1.165) is 25.7 Å². The molecular formula is C17H22N2O5S. The molecule has 1 aromatic rings. The van der Waals surface area contributed by atoms with Crippen LogP contribution in [0.1, 0.15) is 54.6 Å². The van der Waals surface area contributed by atoms with E-state index in [9.17, 15) is 19.2 Å². The fraction of sp³-hybridized carbons (Fsp3) is 0.529. The monoisotopic (exact) mass is 366 g/mol. The van der Waals surface area contributed by atoms with Crippen LogP contribution in [0.25, 0.3) is 0 Å². The van der Waals surface area contributed by atoms with Crippen molar-refractivity contribution in [2.24, 2.45) is 0 Å². The van der Waals surface area contributed by atoms with E-state index in [1.54, 1.807) is 17.5 Å². The van der Waals surface area contributed by atoms with Crippen molar-refractivity contribution >= 4 is 35.0 Å². The van der Waals surface area contributed by atoms with Gasteiger partial charge in [-0.25, -0.2) is 4.79 Å². The van der Waals surface area contributed by atoms with Crippen LogP contribution in [0.15, 0.2) is 17.5 Å². The summed E-state index contributed by atoms with van der Waals surface area (Å²) in [5.41, 5.74) is 0. The molecule has 7 nitrogen and oxygen atoms in total. The van der Waals surface area contributed by atoms with Crippen LogP contribution < -0.4 is 10.6 Å². The molecular weight excluding hydrogens is 344 g/mol. The summed E-state index contributed by atoms with van der Waals surface area (Å²) in [5.74, 6) is -1.47. The van der Waals surface area contributed by atoms with Crippen molar-refractivity contribution in [1.82, 2.24) is 10.6 Å². The van der Waals surface area contributed by atoms with Crippen molar-refractivity contribution in [2.75, 3.05) is 6.61 Å².